The van der Waals surface area contributed by atoms with Gasteiger partial charge >= 0.3 is 0 Å². The van der Waals surface area contributed by atoms with Crippen LogP contribution in [0.5, 0.6) is 0 Å². The molecular formula is C7H15N3. The lowest BCUT2D eigenvalue weighted by molar-refractivity contribution is 0.565. The quantitative estimate of drug-likeness (QED) is 0.445. The van der Waals surface area contributed by atoms with Crippen LogP contribution in [0.25, 0.3) is 0 Å². The van der Waals surface area contributed by atoms with Crippen LogP contribution in [0.4, 0.5) is 0 Å². The molecule has 0 aliphatic rings. The molecule has 10 heavy (non-hydrogen) atoms. The van der Waals surface area contributed by atoms with Crippen molar-refractivity contribution in [3.8, 4) is 0 Å². The summed E-state index contributed by atoms with van der Waals surface area (Å²) in [5.74, 6) is 1.48. The van der Waals surface area contributed by atoms with Crippen LogP contribution in [-0.2, 0) is 0 Å². The average molecular weight is 141 g/mol. The van der Waals surface area contributed by atoms with Crippen LogP contribution in [0.1, 0.15) is 13.8 Å². The highest BCUT2D eigenvalue weighted by Gasteiger charge is 2.00. The monoisotopic (exact) mass is 141 g/mol. The lowest BCUT2D eigenvalue weighted by Gasteiger charge is -2.19. The van der Waals surface area contributed by atoms with Gasteiger partial charge in [0.05, 0.1) is 5.84 Å². The van der Waals surface area contributed by atoms with Crippen LogP contribution >= 0.6 is 0 Å². The second-order valence-corrected chi connectivity index (χ2v) is 2.07. The van der Waals surface area contributed by atoms with Gasteiger partial charge in [0, 0.05) is 14.1 Å². The Balaban J connectivity index is 4.17. The smallest absolute Gasteiger partial charge is 0.102 e. The highest BCUT2D eigenvalue weighted by Crippen LogP contribution is 1.95. The van der Waals surface area contributed by atoms with Crippen molar-refractivity contribution in [3.63, 3.8) is 0 Å². The molecule has 0 saturated heterocycles. The Hall–Kier alpha value is -0.990. The normalized spacial score (nSPS) is 11.0. The van der Waals surface area contributed by atoms with E-state index in [9.17, 15) is 0 Å². The maximum absolute atomic E-state index is 7.28. The molecule has 0 fully saturated rings. The molecule has 0 aliphatic heterocycles. The van der Waals surface area contributed by atoms with Gasteiger partial charge in [-0.3, -0.25) is 5.41 Å². The molecule has 0 bridgehead atoms. The summed E-state index contributed by atoms with van der Waals surface area (Å²) in [6, 6.07) is 0. The molecule has 0 aromatic heterocycles. The van der Waals surface area contributed by atoms with E-state index < -0.39 is 0 Å². The van der Waals surface area contributed by atoms with E-state index in [0.29, 0.717) is 5.84 Å². The van der Waals surface area contributed by atoms with Gasteiger partial charge in [0.2, 0.25) is 0 Å². The van der Waals surface area contributed by atoms with Gasteiger partial charge in [0.25, 0.3) is 0 Å². The maximum atomic E-state index is 7.28. The van der Waals surface area contributed by atoms with E-state index >= 15 is 0 Å². The van der Waals surface area contributed by atoms with Gasteiger partial charge in [0.1, 0.15) is 5.82 Å². The van der Waals surface area contributed by atoms with Crippen molar-refractivity contribution in [1.29, 1.82) is 5.41 Å². The SMILES string of the molecule is C/C=C(/NC)N(C)C(C)=N. The number of nitrogens with one attached hydrogen (secondary N) is 2. The zero-order valence-corrected chi connectivity index (χ0v) is 7.02. The minimum atomic E-state index is 0.530. The van der Waals surface area contributed by atoms with Gasteiger partial charge < -0.3 is 10.2 Å². The van der Waals surface area contributed by atoms with E-state index in [1.807, 2.05) is 27.1 Å². The molecule has 0 aromatic carbocycles. The summed E-state index contributed by atoms with van der Waals surface area (Å²) >= 11 is 0. The molecule has 0 heterocycles. The zero-order chi connectivity index (χ0) is 8.15. The molecule has 0 aromatic rings. The number of amidine groups is 1. The number of allylic oxidation sites excluding steroid dienone is 1. The fourth-order valence-electron chi connectivity index (χ4n) is 0.686. The van der Waals surface area contributed by atoms with Crippen molar-refractivity contribution >= 4 is 5.84 Å². The summed E-state index contributed by atoms with van der Waals surface area (Å²) in [7, 11) is 3.70. The number of nitrogens with zero attached hydrogens (tertiary/aromatic N) is 1. The summed E-state index contributed by atoms with van der Waals surface area (Å²) in [5, 5.41) is 10.3. The molecular weight excluding hydrogens is 126 g/mol. The zero-order valence-electron chi connectivity index (χ0n) is 7.02. The van der Waals surface area contributed by atoms with Gasteiger partial charge in [-0.15, -0.1) is 0 Å². The van der Waals surface area contributed by atoms with Crippen molar-refractivity contribution in [3.05, 3.63) is 11.9 Å². The third-order valence-electron chi connectivity index (χ3n) is 1.39. The van der Waals surface area contributed by atoms with Gasteiger partial charge in [0.15, 0.2) is 0 Å². The van der Waals surface area contributed by atoms with Crippen molar-refractivity contribution in [2.75, 3.05) is 14.1 Å². The minimum absolute atomic E-state index is 0.530. The first-order chi connectivity index (χ1) is 4.63. The Morgan fingerprint density at radius 2 is 2.10 bits per heavy atom. The number of hydrogen-bond donors (Lipinski definition) is 2. The van der Waals surface area contributed by atoms with Crippen LogP contribution in [0, 0.1) is 5.41 Å². The topological polar surface area (TPSA) is 39.1 Å². The number of rotatable bonds is 2. The van der Waals surface area contributed by atoms with Crippen LogP contribution in [0.2, 0.25) is 0 Å². The van der Waals surface area contributed by atoms with Gasteiger partial charge in [-0.05, 0) is 19.9 Å². The van der Waals surface area contributed by atoms with E-state index in [4.69, 9.17) is 5.41 Å². The molecule has 2 N–H and O–H groups in total. The average Bonchev–Trinajstić information content (AvgIpc) is 1.90. The molecule has 0 saturated carbocycles. The fraction of sp³-hybridized carbons (Fsp3) is 0.571. The number of hydrogen-bond acceptors (Lipinski definition) is 2. The van der Waals surface area contributed by atoms with Crippen molar-refractivity contribution < 1.29 is 0 Å². The van der Waals surface area contributed by atoms with Gasteiger partial charge in [-0.1, -0.05) is 0 Å². The van der Waals surface area contributed by atoms with Gasteiger partial charge in [-0.25, -0.2) is 0 Å². The lowest BCUT2D eigenvalue weighted by Crippen LogP contribution is -2.29. The maximum Gasteiger partial charge on any atom is 0.102 e. The minimum Gasteiger partial charge on any atom is -0.375 e. The Morgan fingerprint density at radius 3 is 2.20 bits per heavy atom. The predicted octanol–water partition coefficient (Wildman–Crippen LogP) is 0.996. The molecule has 0 atom stereocenters. The molecule has 0 radical (unpaired) electrons. The Bertz CT molecular complexity index is 149. The Labute approximate surface area is 62.2 Å². The van der Waals surface area contributed by atoms with Gasteiger partial charge in [-0.2, -0.15) is 0 Å². The standard InChI is InChI=1S/C7H15N3/c1-5-7(9-3)10(4)6(2)8/h5,8-9H,1-4H3/b7-5-,8-6?. The highest BCUT2D eigenvalue weighted by atomic mass is 15.2. The summed E-state index contributed by atoms with van der Waals surface area (Å²) in [6.45, 7) is 3.69. The van der Waals surface area contributed by atoms with Crippen molar-refractivity contribution in [2.45, 2.75) is 13.8 Å². The van der Waals surface area contributed by atoms with E-state index in [0.717, 1.165) is 5.82 Å². The third-order valence-corrected chi connectivity index (χ3v) is 1.39. The molecule has 3 heteroatoms. The van der Waals surface area contributed by atoms with Crippen molar-refractivity contribution in [1.82, 2.24) is 10.2 Å². The van der Waals surface area contributed by atoms with Crippen LogP contribution in [-0.4, -0.2) is 24.8 Å². The first kappa shape index (κ1) is 9.01. The molecule has 0 unspecified atom stereocenters. The molecule has 0 spiro atoms. The predicted molar refractivity (Wildman–Crippen MR) is 44.0 cm³/mol. The molecule has 0 rings (SSSR count). The molecule has 0 amide bonds. The summed E-state index contributed by atoms with van der Waals surface area (Å²) < 4.78 is 0. The largest absolute Gasteiger partial charge is 0.375 e. The van der Waals surface area contributed by atoms with Crippen molar-refractivity contribution in [2.24, 2.45) is 0 Å². The van der Waals surface area contributed by atoms with E-state index in [1.54, 1.807) is 11.8 Å². The summed E-state index contributed by atoms with van der Waals surface area (Å²) in [4.78, 5) is 1.78. The van der Waals surface area contributed by atoms with Crippen LogP contribution in [0.15, 0.2) is 11.9 Å². The fourth-order valence-corrected chi connectivity index (χ4v) is 0.686. The molecule has 3 nitrogen and oxygen atoms in total. The molecule has 58 valence electrons. The first-order valence-electron chi connectivity index (χ1n) is 3.26. The lowest BCUT2D eigenvalue weighted by atomic mass is 10.5. The Kier molecular flexibility index (Phi) is 3.54. The second-order valence-electron chi connectivity index (χ2n) is 2.07. The third kappa shape index (κ3) is 2.09. The summed E-state index contributed by atoms with van der Waals surface area (Å²) in [6.07, 6.45) is 1.93. The second kappa shape index (κ2) is 3.93. The van der Waals surface area contributed by atoms with Crippen LogP contribution in [0.3, 0.4) is 0 Å². The Morgan fingerprint density at radius 1 is 1.60 bits per heavy atom. The summed E-state index contributed by atoms with van der Waals surface area (Å²) in [5.41, 5.74) is 0. The van der Waals surface area contributed by atoms with E-state index in [1.165, 1.54) is 0 Å². The highest BCUT2D eigenvalue weighted by molar-refractivity contribution is 5.77. The van der Waals surface area contributed by atoms with E-state index in [-0.39, 0.29) is 0 Å². The molecule has 0 aliphatic carbocycles. The first-order valence-corrected chi connectivity index (χ1v) is 3.26. The van der Waals surface area contributed by atoms with Crippen LogP contribution < -0.4 is 5.32 Å². The van der Waals surface area contributed by atoms with E-state index in [2.05, 4.69) is 5.32 Å².